The Bertz CT molecular complexity index is 613. The molecule has 0 aromatic carbocycles. The molecule has 4 nitrogen and oxygen atoms in total. The fraction of sp³-hybridized carbons (Fsp3) is 0.714. The van der Waals surface area contributed by atoms with Crippen LogP contribution in [0.2, 0.25) is 0 Å². The number of hydrogen-bond donors (Lipinski definition) is 1. The van der Waals surface area contributed by atoms with Crippen molar-refractivity contribution >= 4 is 5.91 Å². The molecule has 1 aromatic rings. The van der Waals surface area contributed by atoms with E-state index < -0.39 is 0 Å². The van der Waals surface area contributed by atoms with Crippen molar-refractivity contribution in [3.63, 3.8) is 0 Å². The van der Waals surface area contributed by atoms with Gasteiger partial charge in [-0.05, 0) is 81.5 Å². The lowest BCUT2D eigenvalue weighted by atomic mass is 9.81. The molecule has 4 heteroatoms. The van der Waals surface area contributed by atoms with Gasteiger partial charge in [-0.15, -0.1) is 0 Å². The molecule has 2 atom stereocenters. The molecule has 0 saturated carbocycles. The summed E-state index contributed by atoms with van der Waals surface area (Å²) >= 11 is 0. The molecular weight excluding hydrogens is 310 g/mol. The van der Waals surface area contributed by atoms with Crippen molar-refractivity contribution in [2.45, 2.75) is 76.8 Å². The lowest BCUT2D eigenvalue weighted by molar-refractivity contribution is -0.121. The number of aromatic nitrogens is 1. The van der Waals surface area contributed by atoms with Crippen molar-refractivity contribution in [3.8, 4) is 0 Å². The van der Waals surface area contributed by atoms with Crippen LogP contribution in [0.15, 0.2) is 12.3 Å². The maximum Gasteiger partial charge on any atom is 0.220 e. The number of amides is 1. The summed E-state index contributed by atoms with van der Waals surface area (Å²) in [7, 11) is 0. The Labute approximate surface area is 151 Å². The quantitative estimate of drug-likeness (QED) is 0.894. The van der Waals surface area contributed by atoms with Gasteiger partial charge in [0.05, 0.1) is 0 Å². The fourth-order valence-electron chi connectivity index (χ4n) is 5.09. The second kappa shape index (κ2) is 7.86. The van der Waals surface area contributed by atoms with Crippen LogP contribution < -0.4 is 5.32 Å². The van der Waals surface area contributed by atoms with Crippen LogP contribution in [0.1, 0.15) is 68.2 Å². The highest BCUT2D eigenvalue weighted by Crippen LogP contribution is 2.33. The minimum atomic E-state index is 0.202. The summed E-state index contributed by atoms with van der Waals surface area (Å²) < 4.78 is 0. The topological polar surface area (TPSA) is 45.2 Å². The van der Waals surface area contributed by atoms with E-state index in [0.29, 0.717) is 13.0 Å². The highest BCUT2D eigenvalue weighted by molar-refractivity contribution is 5.75. The minimum absolute atomic E-state index is 0.202. The predicted octanol–water partition coefficient (Wildman–Crippen LogP) is 3.23. The summed E-state index contributed by atoms with van der Waals surface area (Å²) in [6, 6.07) is 2.98. The molecular formula is C21H31N3O. The third-order valence-electron chi connectivity index (χ3n) is 6.44. The average Bonchev–Trinajstić information content (AvgIpc) is 3.12. The van der Waals surface area contributed by atoms with Crippen LogP contribution >= 0.6 is 0 Å². The van der Waals surface area contributed by atoms with E-state index in [9.17, 15) is 4.79 Å². The second-order valence-corrected chi connectivity index (χ2v) is 8.12. The summed E-state index contributed by atoms with van der Waals surface area (Å²) in [5, 5.41) is 3.11. The molecule has 136 valence electrons. The maximum atomic E-state index is 12.3. The van der Waals surface area contributed by atoms with Gasteiger partial charge in [0.1, 0.15) is 0 Å². The first-order chi connectivity index (χ1) is 12.3. The van der Waals surface area contributed by atoms with Crippen molar-refractivity contribution < 1.29 is 4.79 Å². The largest absolute Gasteiger partial charge is 0.352 e. The third-order valence-corrected chi connectivity index (χ3v) is 6.44. The molecule has 2 fully saturated rings. The Morgan fingerprint density at radius 3 is 3.04 bits per heavy atom. The van der Waals surface area contributed by atoms with Gasteiger partial charge in [0.15, 0.2) is 0 Å². The smallest absolute Gasteiger partial charge is 0.220 e. The molecule has 25 heavy (non-hydrogen) atoms. The summed E-state index contributed by atoms with van der Waals surface area (Å²) in [6.07, 6.45) is 13.8. The predicted molar refractivity (Wildman–Crippen MR) is 99.3 cm³/mol. The number of hydrogen-bond acceptors (Lipinski definition) is 3. The van der Waals surface area contributed by atoms with E-state index in [4.69, 9.17) is 0 Å². The van der Waals surface area contributed by atoms with Crippen molar-refractivity contribution in [2.75, 3.05) is 13.1 Å². The van der Waals surface area contributed by atoms with Gasteiger partial charge in [0, 0.05) is 30.9 Å². The summed E-state index contributed by atoms with van der Waals surface area (Å²) in [5.74, 6) is 0.926. The molecule has 4 rings (SSSR count). The van der Waals surface area contributed by atoms with Crippen LogP contribution in [0, 0.1) is 5.92 Å². The molecule has 1 aromatic heterocycles. The normalized spacial score (nSPS) is 26.1. The zero-order valence-corrected chi connectivity index (χ0v) is 15.3. The zero-order valence-electron chi connectivity index (χ0n) is 15.3. The summed E-state index contributed by atoms with van der Waals surface area (Å²) in [6.45, 7) is 3.18. The number of pyridine rings is 1. The van der Waals surface area contributed by atoms with E-state index in [1.165, 1.54) is 62.9 Å². The van der Waals surface area contributed by atoms with Crippen LogP contribution in [0.3, 0.4) is 0 Å². The van der Waals surface area contributed by atoms with E-state index in [1.807, 2.05) is 6.20 Å². The van der Waals surface area contributed by atoms with E-state index in [-0.39, 0.29) is 5.91 Å². The molecule has 3 aliphatic rings. The van der Waals surface area contributed by atoms with Crippen LogP contribution in [0.4, 0.5) is 0 Å². The number of rotatable bonds is 5. The highest BCUT2D eigenvalue weighted by Gasteiger charge is 2.32. The molecule has 2 aliphatic heterocycles. The number of nitrogens with zero attached hydrogens (tertiary/aromatic N) is 2. The highest BCUT2D eigenvalue weighted by atomic mass is 16.1. The monoisotopic (exact) mass is 341 g/mol. The first-order valence-corrected chi connectivity index (χ1v) is 10.3. The molecule has 3 heterocycles. The van der Waals surface area contributed by atoms with Crippen molar-refractivity contribution in [2.24, 2.45) is 5.92 Å². The number of fused-ring (bicyclic) bond motifs is 2. The molecule has 1 N–H and O–H groups in total. The van der Waals surface area contributed by atoms with Gasteiger partial charge < -0.3 is 10.2 Å². The Hall–Kier alpha value is -1.42. The van der Waals surface area contributed by atoms with Gasteiger partial charge in [-0.2, -0.15) is 0 Å². The van der Waals surface area contributed by atoms with Crippen LogP contribution in [-0.2, 0) is 24.2 Å². The third kappa shape index (κ3) is 4.05. The molecule has 1 amide bonds. The van der Waals surface area contributed by atoms with Crippen LogP contribution in [0.25, 0.3) is 0 Å². The molecule has 2 saturated heterocycles. The molecule has 1 aliphatic carbocycles. The van der Waals surface area contributed by atoms with Gasteiger partial charge in [-0.3, -0.25) is 9.78 Å². The Balaban J connectivity index is 1.23. The van der Waals surface area contributed by atoms with Crippen LogP contribution in [-0.4, -0.2) is 34.9 Å². The van der Waals surface area contributed by atoms with Gasteiger partial charge in [0.2, 0.25) is 5.91 Å². The number of carbonyl (C=O) groups excluding carboxylic acids is 1. The summed E-state index contributed by atoms with van der Waals surface area (Å²) in [4.78, 5) is 19.5. The lowest BCUT2D eigenvalue weighted by Gasteiger charge is -2.44. The average molecular weight is 341 g/mol. The SMILES string of the molecule is O=C(CC[C@@H]1CCCN2CCCC[C@H]12)NCc1cnc2c(c1)CCC2. The number of aryl methyl sites for hydroxylation is 2. The first kappa shape index (κ1) is 17.0. The zero-order chi connectivity index (χ0) is 17.1. The van der Waals surface area contributed by atoms with E-state index in [0.717, 1.165) is 36.8 Å². The van der Waals surface area contributed by atoms with E-state index in [2.05, 4.69) is 21.3 Å². The van der Waals surface area contributed by atoms with E-state index in [1.54, 1.807) is 0 Å². The van der Waals surface area contributed by atoms with Crippen molar-refractivity contribution in [1.82, 2.24) is 15.2 Å². The summed E-state index contributed by atoms with van der Waals surface area (Å²) in [5.41, 5.74) is 3.78. The lowest BCUT2D eigenvalue weighted by Crippen LogP contribution is -2.48. The fourth-order valence-corrected chi connectivity index (χ4v) is 5.09. The van der Waals surface area contributed by atoms with Gasteiger partial charge in [-0.1, -0.05) is 12.5 Å². The Kier molecular flexibility index (Phi) is 5.35. The number of nitrogens with one attached hydrogen (secondary N) is 1. The molecule has 0 spiro atoms. The standard InChI is InChI=1S/C21H31N3O/c25-21(23-15-16-13-18-5-3-7-19(18)22-14-16)10-9-17-6-4-12-24-11-2-1-8-20(17)24/h13-14,17,20H,1-12,15H2,(H,23,25)/t17-,20+/m0/s1. The molecule has 0 unspecified atom stereocenters. The second-order valence-electron chi connectivity index (χ2n) is 8.12. The number of piperidine rings is 2. The van der Waals surface area contributed by atoms with E-state index >= 15 is 0 Å². The molecule has 0 radical (unpaired) electrons. The van der Waals surface area contributed by atoms with Crippen molar-refractivity contribution in [3.05, 3.63) is 29.1 Å². The van der Waals surface area contributed by atoms with Gasteiger partial charge in [-0.25, -0.2) is 0 Å². The van der Waals surface area contributed by atoms with Crippen LogP contribution in [0.5, 0.6) is 0 Å². The van der Waals surface area contributed by atoms with Gasteiger partial charge >= 0.3 is 0 Å². The van der Waals surface area contributed by atoms with Gasteiger partial charge in [0.25, 0.3) is 0 Å². The number of carbonyl (C=O) groups is 1. The molecule has 0 bridgehead atoms. The van der Waals surface area contributed by atoms with Crippen molar-refractivity contribution in [1.29, 1.82) is 0 Å². The first-order valence-electron chi connectivity index (χ1n) is 10.3. The minimum Gasteiger partial charge on any atom is -0.352 e. The Morgan fingerprint density at radius 1 is 1.16 bits per heavy atom. The Morgan fingerprint density at radius 2 is 2.08 bits per heavy atom. The maximum absolute atomic E-state index is 12.3.